The van der Waals surface area contributed by atoms with E-state index in [1.54, 1.807) is 6.92 Å². The third kappa shape index (κ3) is 7.85. The Morgan fingerprint density at radius 1 is 1.00 bits per heavy atom. The predicted octanol–water partition coefficient (Wildman–Crippen LogP) is 3.44. The molecule has 0 unspecified atom stereocenters. The van der Waals surface area contributed by atoms with Crippen molar-refractivity contribution in [3.05, 3.63) is 36.6 Å². The van der Waals surface area contributed by atoms with Crippen molar-refractivity contribution in [3.63, 3.8) is 0 Å². The minimum Gasteiger partial charge on any atom is -0.495 e. The molecule has 0 aliphatic carbocycles. The van der Waals surface area contributed by atoms with Crippen LogP contribution in [0.1, 0.15) is 26.7 Å². The summed E-state index contributed by atoms with van der Waals surface area (Å²) in [6.07, 6.45) is 1.68. The smallest absolute Gasteiger partial charge is 0.208 e. The number of allylic oxidation sites excluding steroid dienone is 2. The van der Waals surface area contributed by atoms with Gasteiger partial charge < -0.3 is 9.47 Å². The van der Waals surface area contributed by atoms with Gasteiger partial charge in [-0.15, -0.1) is 6.58 Å². The van der Waals surface area contributed by atoms with E-state index in [2.05, 4.69) is 19.7 Å². The van der Waals surface area contributed by atoms with Gasteiger partial charge >= 0.3 is 0 Å². The molecule has 0 atom stereocenters. The second-order valence-corrected chi connectivity index (χ2v) is 3.80. The highest BCUT2D eigenvalue weighted by Gasteiger charge is 1.99. The summed E-state index contributed by atoms with van der Waals surface area (Å²) >= 11 is 0. The molecule has 0 bridgehead atoms. The molecule has 0 aliphatic heterocycles. The lowest BCUT2D eigenvalue weighted by atomic mass is 10.2. The molecule has 0 heterocycles. The Balaban J connectivity index is 3.52. The number of rotatable bonds is 8. The van der Waals surface area contributed by atoms with Gasteiger partial charge in [-0.25, -0.2) is 0 Å². The van der Waals surface area contributed by atoms with E-state index in [0.717, 1.165) is 24.2 Å². The molecule has 0 amide bonds. The summed E-state index contributed by atoms with van der Waals surface area (Å²) in [7, 11) is 0. The van der Waals surface area contributed by atoms with Crippen molar-refractivity contribution in [2.75, 3.05) is 13.2 Å². The first-order valence-electron chi connectivity index (χ1n) is 5.25. The molecule has 0 aromatic carbocycles. The summed E-state index contributed by atoms with van der Waals surface area (Å²) in [5, 5.41) is 7.36. The number of nitrogens with one attached hydrogen (secondary N) is 1. The summed E-state index contributed by atoms with van der Waals surface area (Å²) in [6.45, 7) is 15.7. The fourth-order valence-corrected chi connectivity index (χ4v) is 0.878. The number of ether oxygens (including phenoxy) is 2. The van der Waals surface area contributed by atoms with Crippen LogP contribution in [0.2, 0.25) is 0 Å². The summed E-state index contributed by atoms with van der Waals surface area (Å²) in [6, 6.07) is 0. The Morgan fingerprint density at radius 3 is 2.06 bits per heavy atom. The lowest BCUT2D eigenvalue weighted by Crippen LogP contribution is -2.10. The SMILES string of the molecule is C=C(C)CCC(=C)OCCOC(=N)C(=C)C. The quantitative estimate of drug-likeness (QED) is 0.225. The second-order valence-electron chi connectivity index (χ2n) is 3.80. The van der Waals surface area contributed by atoms with Crippen LogP contribution >= 0.6 is 0 Å². The number of hydrogen-bond donors (Lipinski definition) is 1. The topological polar surface area (TPSA) is 42.3 Å². The van der Waals surface area contributed by atoms with E-state index < -0.39 is 0 Å². The molecule has 0 aliphatic rings. The highest BCUT2D eigenvalue weighted by molar-refractivity contribution is 5.89. The highest BCUT2D eigenvalue weighted by atomic mass is 16.5. The van der Waals surface area contributed by atoms with Crippen LogP contribution in [0.4, 0.5) is 0 Å². The van der Waals surface area contributed by atoms with E-state index in [1.165, 1.54) is 0 Å². The maximum Gasteiger partial charge on any atom is 0.208 e. The van der Waals surface area contributed by atoms with E-state index >= 15 is 0 Å². The van der Waals surface area contributed by atoms with E-state index in [9.17, 15) is 0 Å². The molecular weight excluding hydrogens is 202 g/mol. The van der Waals surface area contributed by atoms with Gasteiger partial charge in [0.15, 0.2) is 0 Å². The molecule has 0 radical (unpaired) electrons. The monoisotopic (exact) mass is 223 g/mol. The van der Waals surface area contributed by atoms with Crippen molar-refractivity contribution in [1.29, 1.82) is 5.41 Å². The number of hydrogen-bond acceptors (Lipinski definition) is 3. The van der Waals surface area contributed by atoms with E-state index in [-0.39, 0.29) is 5.90 Å². The molecule has 16 heavy (non-hydrogen) atoms. The zero-order chi connectivity index (χ0) is 12.6. The molecule has 0 saturated heterocycles. The minimum absolute atomic E-state index is 0.108. The molecule has 90 valence electrons. The lowest BCUT2D eigenvalue weighted by Gasteiger charge is -2.10. The molecule has 0 aromatic rings. The van der Waals surface area contributed by atoms with Crippen LogP contribution < -0.4 is 0 Å². The molecule has 1 N–H and O–H groups in total. The third-order valence-corrected chi connectivity index (χ3v) is 1.85. The van der Waals surface area contributed by atoms with Crippen LogP contribution in [0, 0.1) is 5.41 Å². The normalized spacial score (nSPS) is 9.38. The van der Waals surface area contributed by atoms with E-state index in [1.807, 2.05) is 6.92 Å². The third-order valence-electron chi connectivity index (χ3n) is 1.85. The van der Waals surface area contributed by atoms with Crippen LogP contribution in [-0.4, -0.2) is 19.1 Å². The standard InChI is InChI=1S/C13H21NO2/c1-10(2)6-7-12(5)15-8-9-16-13(14)11(3)4/h14H,1,3,5-9H2,2,4H3. The summed E-state index contributed by atoms with van der Waals surface area (Å²) in [4.78, 5) is 0. The van der Waals surface area contributed by atoms with Gasteiger partial charge in [-0.05, 0) is 20.3 Å². The van der Waals surface area contributed by atoms with Gasteiger partial charge in [-0.3, -0.25) is 5.41 Å². The van der Waals surface area contributed by atoms with Gasteiger partial charge in [0.05, 0.1) is 5.76 Å². The van der Waals surface area contributed by atoms with Gasteiger partial charge in [-0.2, -0.15) is 0 Å². The van der Waals surface area contributed by atoms with Crippen LogP contribution in [0.25, 0.3) is 0 Å². The average Bonchev–Trinajstić information content (AvgIpc) is 2.20. The summed E-state index contributed by atoms with van der Waals surface area (Å²) < 4.78 is 10.4. The van der Waals surface area contributed by atoms with Crippen LogP contribution in [0.3, 0.4) is 0 Å². The molecule has 0 rings (SSSR count). The van der Waals surface area contributed by atoms with Crippen molar-refractivity contribution in [1.82, 2.24) is 0 Å². The Morgan fingerprint density at radius 2 is 1.56 bits per heavy atom. The first-order chi connectivity index (χ1) is 7.43. The zero-order valence-electron chi connectivity index (χ0n) is 10.3. The van der Waals surface area contributed by atoms with E-state index in [0.29, 0.717) is 18.8 Å². The van der Waals surface area contributed by atoms with Gasteiger partial charge in [0.25, 0.3) is 0 Å². The Bertz CT molecular complexity index is 292. The maximum absolute atomic E-state index is 7.36. The molecular formula is C13H21NO2. The first kappa shape index (κ1) is 14.5. The van der Waals surface area contributed by atoms with Gasteiger partial charge in [0.1, 0.15) is 13.2 Å². The van der Waals surface area contributed by atoms with Crippen LogP contribution in [0.5, 0.6) is 0 Å². The van der Waals surface area contributed by atoms with Crippen molar-refractivity contribution in [3.8, 4) is 0 Å². The van der Waals surface area contributed by atoms with Crippen LogP contribution in [-0.2, 0) is 9.47 Å². The zero-order valence-corrected chi connectivity index (χ0v) is 10.3. The fourth-order valence-electron chi connectivity index (χ4n) is 0.878. The van der Waals surface area contributed by atoms with Crippen molar-refractivity contribution in [2.45, 2.75) is 26.7 Å². The minimum atomic E-state index is 0.108. The van der Waals surface area contributed by atoms with Crippen molar-refractivity contribution >= 4 is 5.90 Å². The molecule has 0 fully saturated rings. The summed E-state index contributed by atoms with van der Waals surface area (Å²) in [5.41, 5.74) is 1.73. The molecule has 0 spiro atoms. The molecule has 3 heteroatoms. The van der Waals surface area contributed by atoms with Gasteiger partial charge in [-0.1, -0.05) is 18.7 Å². The Labute approximate surface area is 98.0 Å². The highest BCUT2D eigenvalue weighted by Crippen LogP contribution is 2.08. The van der Waals surface area contributed by atoms with Gasteiger partial charge in [0, 0.05) is 12.0 Å². The maximum atomic E-state index is 7.36. The molecule has 0 aromatic heterocycles. The Hall–Kier alpha value is -1.51. The summed E-state index contributed by atoms with van der Waals surface area (Å²) in [5.74, 6) is 0.838. The van der Waals surface area contributed by atoms with Crippen molar-refractivity contribution in [2.24, 2.45) is 0 Å². The van der Waals surface area contributed by atoms with Gasteiger partial charge in [0.2, 0.25) is 5.90 Å². The second kappa shape index (κ2) is 7.74. The molecule has 0 saturated carbocycles. The van der Waals surface area contributed by atoms with Crippen molar-refractivity contribution < 1.29 is 9.47 Å². The average molecular weight is 223 g/mol. The first-order valence-corrected chi connectivity index (χ1v) is 5.25. The Kier molecular flexibility index (Phi) is 7.01. The fraction of sp³-hybridized carbons (Fsp3) is 0.462. The van der Waals surface area contributed by atoms with E-state index in [4.69, 9.17) is 14.9 Å². The van der Waals surface area contributed by atoms with Crippen LogP contribution in [0.15, 0.2) is 36.6 Å². The largest absolute Gasteiger partial charge is 0.495 e. The molecule has 3 nitrogen and oxygen atoms in total. The predicted molar refractivity (Wildman–Crippen MR) is 67.6 cm³/mol. The lowest BCUT2D eigenvalue weighted by molar-refractivity contribution is 0.145.